The van der Waals surface area contributed by atoms with Gasteiger partial charge in [0.15, 0.2) is 0 Å². The number of hydrogen-bond acceptors (Lipinski definition) is 4. The Labute approximate surface area is 103 Å². The normalized spacial score (nSPS) is 21.3. The van der Waals surface area contributed by atoms with Gasteiger partial charge >= 0.3 is 0 Å². The van der Waals surface area contributed by atoms with E-state index in [1.54, 1.807) is 0 Å². The van der Waals surface area contributed by atoms with E-state index in [-0.39, 0.29) is 25.2 Å². The highest BCUT2D eigenvalue weighted by molar-refractivity contribution is 5.78. The third-order valence-electron chi connectivity index (χ3n) is 2.94. The Morgan fingerprint density at radius 3 is 2.88 bits per heavy atom. The van der Waals surface area contributed by atoms with Crippen molar-refractivity contribution in [3.8, 4) is 0 Å². The minimum Gasteiger partial charge on any atom is -0.396 e. The highest BCUT2D eigenvalue weighted by Crippen LogP contribution is 2.11. The van der Waals surface area contributed by atoms with Gasteiger partial charge in [0.25, 0.3) is 0 Å². The number of aliphatic hydroxyl groups excluding tert-OH is 1. The maximum atomic E-state index is 11.6. The lowest BCUT2D eigenvalue weighted by Gasteiger charge is -2.33. The minimum absolute atomic E-state index is 0.0870. The Kier molecular flexibility index (Phi) is 6.47. The first-order valence-corrected chi connectivity index (χ1v) is 6.28. The summed E-state index contributed by atoms with van der Waals surface area (Å²) in [6.45, 7) is 2.85. The smallest absolute Gasteiger partial charge is 0.248 e. The topological polar surface area (TPSA) is 53.0 Å². The highest BCUT2D eigenvalue weighted by Gasteiger charge is 2.25. The second kappa shape index (κ2) is 7.63. The molecule has 1 heterocycles. The second-order valence-corrected chi connectivity index (χ2v) is 4.80. The molecule has 0 aromatic rings. The zero-order chi connectivity index (χ0) is 12.7. The van der Waals surface area contributed by atoms with Crippen molar-refractivity contribution in [1.82, 2.24) is 9.80 Å². The number of carbonyl (C=O) groups excluding carboxylic acids is 1. The van der Waals surface area contributed by atoms with Crippen molar-refractivity contribution in [1.29, 1.82) is 0 Å². The lowest BCUT2D eigenvalue weighted by molar-refractivity contribution is -0.149. The first-order valence-electron chi connectivity index (χ1n) is 6.28. The van der Waals surface area contributed by atoms with Crippen LogP contribution in [0.2, 0.25) is 0 Å². The standard InChI is InChI=1S/C12H24N2O3/c1-13(2)6-4-7-14-9-11(5-3-8-15)17-10-12(14)16/h11,15H,3-10H2,1-2H3. The lowest BCUT2D eigenvalue weighted by atomic mass is 10.1. The molecule has 0 aromatic heterocycles. The molecule has 0 saturated carbocycles. The lowest BCUT2D eigenvalue weighted by Crippen LogP contribution is -2.47. The van der Waals surface area contributed by atoms with Crippen LogP contribution in [0.15, 0.2) is 0 Å². The van der Waals surface area contributed by atoms with Crippen molar-refractivity contribution < 1.29 is 14.6 Å². The number of nitrogens with zero attached hydrogens (tertiary/aromatic N) is 2. The number of aliphatic hydroxyl groups is 1. The summed E-state index contributed by atoms with van der Waals surface area (Å²) in [5.41, 5.74) is 0. The molecule has 0 aromatic carbocycles. The maximum absolute atomic E-state index is 11.6. The van der Waals surface area contributed by atoms with E-state index >= 15 is 0 Å². The number of hydrogen-bond donors (Lipinski definition) is 1. The van der Waals surface area contributed by atoms with E-state index in [2.05, 4.69) is 4.90 Å². The molecule has 1 saturated heterocycles. The van der Waals surface area contributed by atoms with Crippen molar-refractivity contribution in [2.24, 2.45) is 0 Å². The Morgan fingerprint density at radius 2 is 2.24 bits per heavy atom. The van der Waals surface area contributed by atoms with Gasteiger partial charge in [-0.3, -0.25) is 4.79 Å². The van der Waals surface area contributed by atoms with Crippen molar-refractivity contribution in [3.63, 3.8) is 0 Å². The van der Waals surface area contributed by atoms with Crippen LogP contribution in [0, 0.1) is 0 Å². The predicted octanol–water partition coefficient (Wildman–Crippen LogP) is -0.0620. The van der Waals surface area contributed by atoms with Gasteiger partial charge in [-0.15, -0.1) is 0 Å². The average Bonchev–Trinajstić information content (AvgIpc) is 2.29. The molecule has 17 heavy (non-hydrogen) atoms. The number of morpholine rings is 1. The Morgan fingerprint density at radius 1 is 1.47 bits per heavy atom. The molecular formula is C12H24N2O3. The molecule has 0 aliphatic carbocycles. The number of carbonyl (C=O) groups is 1. The number of amides is 1. The van der Waals surface area contributed by atoms with Crippen molar-refractivity contribution in [2.45, 2.75) is 25.4 Å². The Bertz CT molecular complexity index is 234. The van der Waals surface area contributed by atoms with E-state index in [1.807, 2.05) is 19.0 Å². The van der Waals surface area contributed by atoms with Gasteiger partial charge in [-0.2, -0.15) is 0 Å². The molecule has 1 aliphatic rings. The first-order chi connectivity index (χ1) is 8.13. The van der Waals surface area contributed by atoms with Gasteiger partial charge in [-0.1, -0.05) is 0 Å². The average molecular weight is 244 g/mol. The van der Waals surface area contributed by atoms with E-state index in [1.165, 1.54) is 0 Å². The molecule has 0 spiro atoms. The van der Waals surface area contributed by atoms with Gasteiger partial charge in [-0.05, 0) is 39.9 Å². The van der Waals surface area contributed by atoms with Gasteiger partial charge in [0.05, 0.1) is 6.10 Å². The van der Waals surface area contributed by atoms with E-state index < -0.39 is 0 Å². The van der Waals surface area contributed by atoms with Gasteiger partial charge in [0.2, 0.25) is 5.91 Å². The monoisotopic (exact) mass is 244 g/mol. The summed E-state index contributed by atoms with van der Waals surface area (Å²) in [4.78, 5) is 15.6. The van der Waals surface area contributed by atoms with Gasteiger partial charge in [-0.25, -0.2) is 0 Å². The van der Waals surface area contributed by atoms with Crippen LogP contribution in [0.4, 0.5) is 0 Å². The molecule has 1 amide bonds. The largest absolute Gasteiger partial charge is 0.396 e. The van der Waals surface area contributed by atoms with Crippen LogP contribution in [0.5, 0.6) is 0 Å². The van der Waals surface area contributed by atoms with Crippen LogP contribution >= 0.6 is 0 Å². The molecule has 5 nitrogen and oxygen atoms in total. The van der Waals surface area contributed by atoms with E-state index in [0.717, 1.165) is 32.4 Å². The minimum atomic E-state index is 0.0870. The van der Waals surface area contributed by atoms with E-state index in [9.17, 15) is 4.79 Å². The van der Waals surface area contributed by atoms with E-state index in [4.69, 9.17) is 9.84 Å². The molecule has 1 fully saturated rings. The van der Waals surface area contributed by atoms with Crippen LogP contribution in [0.1, 0.15) is 19.3 Å². The van der Waals surface area contributed by atoms with Crippen LogP contribution in [0.25, 0.3) is 0 Å². The third-order valence-corrected chi connectivity index (χ3v) is 2.94. The van der Waals surface area contributed by atoms with Crippen molar-refractivity contribution >= 4 is 5.91 Å². The van der Waals surface area contributed by atoms with Crippen LogP contribution in [0.3, 0.4) is 0 Å². The Balaban J connectivity index is 2.27. The molecule has 5 heteroatoms. The van der Waals surface area contributed by atoms with Gasteiger partial charge in [0, 0.05) is 19.7 Å². The molecule has 0 radical (unpaired) electrons. The molecule has 1 unspecified atom stereocenters. The third kappa shape index (κ3) is 5.48. The van der Waals surface area contributed by atoms with Crippen LogP contribution < -0.4 is 0 Å². The summed E-state index contributed by atoms with van der Waals surface area (Å²) < 4.78 is 5.44. The quantitative estimate of drug-likeness (QED) is 0.681. The molecule has 0 bridgehead atoms. The summed E-state index contributed by atoms with van der Waals surface area (Å²) in [5, 5.41) is 8.78. The van der Waals surface area contributed by atoms with Crippen molar-refractivity contribution in [2.75, 3.05) is 46.9 Å². The summed E-state index contributed by atoms with van der Waals surface area (Å²) in [5.74, 6) is 0.0870. The number of ether oxygens (including phenoxy) is 1. The molecular weight excluding hydrogens is 220 g/mol. The summed E-state index contributed by atoms with van der Waals surface area (Å²) >= 11 is 0. The maximum Gasteiger partial charge on any atom is 0.248 e. The SMILES string of the molecule is CN(C)CCCN1CC(CCCO)OCC1=O. The summed E-state index contributed by atoms with van der Waals surface area (Å²) in [7, 11) is 4.07. The zero-order valence-electron chi connectivity index (χ0n) is 10.9. The summed E-state index contributed by atoms with van der Waals surface area (Å²) in [6.07, 6.45) is 2.66. The molecule has 1 aliphatic heterocycles. The zero-order valence-corrected chi connectivity index (χ0v) is 10.9. The molecule has 1 rings (SSSR count). The van der Waals surface area contributed by atoms with Crippen LogP contribution in [-0.2, 0) is 9.53 Å². The fourth-order valence-corrected chi connectivity index (χ4v) is 1.97. The summed E-state index contributed by atoms with van der Waals surface area (Å²) in [6, 6.07) is 0. The van der Waals surface area contributed by atoms with E-state index in [0.29, 0.717) is 6.54 Å². The fraction of sp³-hybridized carbons (Fsp3) is 0.917. The molecule has 1 N–H and O–H groups in total. The molecule has 100 valence electrons. The second-order valence-electron chi connectivity index (χ2n) is 4.80. The van der Waals surface area contributed by atoms with Crippen molar-refractivity contribution in [3.05, 3.63) is 0 Å². The van der Waals surface area contributed by atoms with Crippen LogP contribution in [-0.4, -0.2) is 73.9 Å². The Hall–Kier alpha value is -0.650. The first kappa shape index (κ1) is 14.4. The van der Waals surface area contributed by atoms with Gasteiger partial charge < -0.3 is 19.6 Å². The van der Waals surface area contributed by atoms with Gasteiger partial charge in [0.1, 0.15) is 6.61 Å². The fourth-order valence-electron chi connectivity index (χ4n) is 1.97. The molecule has 1 atom stereocenters. The number of rotatable bonds is 7. The predicted molar refractivity (Wildman–Crippen MR) is 65.8 cm³/mol. The highest BCUT2D eigenvalue weighted by atomic mass is 16.5.